The Labute approximate surface area is 106 Å². The molecule has 1 aromatic carbocycles. The van der Waals surface area contributed by atoms with Gasteiger partial charge in [-0.15, -0.1) is 0 Å². The summed E-state index contributed by atoms with van der Waals surface area (Å²) in [6.07, 6.45) is 3.49. The second kappa shape index (κ2) is 5.23. The molecule has 0 radical (unpaired) electrons. The topological polar surface area (TPSA) is 43.8 Å². The molecule has 0 aliphatic carbocycles. The fourth-order valence-electron chi connectivity index (χ4n) is 1.93. The average molecular weight is 250 g/mol. The molecule has 1 atom stereocenters. The van der Waals surface area contributed by atoms with Crippen LogP contribution in [0.3, 0.4) is 0 Å². The van der Waals surface area contributed by atoms with Crippen molar-refractivity contribution in [2.75, 3.05) is 5.73 Å². The second-order valence-corrected chi connectivity index (χ2v) is 4.48. The van der Waals surface area contributed by atoms with E-state index in [-0.39, 0.29) is 6.04 Å². The van der Waals surface area contributed by atoms with E-state index in [1.54, 1.807) is 6.20 Å². The monoisotopic (exact) mass is 249 g/mol. The number of nitrogens with two attached hydrogens (primary N) is 1. The Bertz CT molecular complexity index is 479. The van der Waals surface area contributed by atoms with Crippen molar-refractivity contribution in [3.05, 3.63) is 47.1 Å². The maximum Gasteiger partial charge on any atom is 0.140 e. The highest BCUT2D eigenvalue weighted by molar-refractivity contribution is 6.32. The Morgan fingerprint density at radius 3 is 2.59 bits per heavy atom. The molecule has 0 aliphatic heterocycles. The van der Waals surface area contributed by atoms with E-state index < -0.39 is 0 Å². The highest BCUT2D eigenvalue weighted by Gasteiger charge is 2.15. The lowest BCUT2D eigenvalue weighted by Crippen LogP contribution is -2.15. The largest absolute Gasteiger partial charge is 0.383 e. The highest BCUT2D eigenvalue weighted by Crippen LogP contribution is 2.25. The number of aromatic nitrogens is 2. The molecule has 4 heteroatoms. The summed E-state index contributed by atoms with van der Waals surface area (Å²) in [7, 11) is 0. The first-order valence-electron chi connectivity index (χ1n) is 5.74. The summed E-state index contributed by atoms with van der Waals surface area (Å²) in [5, 5.41) is 4.77. The smallest absolute Gasteiger partial charge is 0.140 e. The average Bonchev–Trinajstić information content (AvgIpc) is 2.69. The van der Waals surface area contributed by atoms with Gasteiger partial charge < -0.3 is 5.73 Å². The first-order chi connectivity index (χ1) is 8.22. The van der Waals surface area contributed by atoms with E-state index in [9.17, 15) is 0 Å². The number of benzene rings is 1. The van der Waals surface area contributed by atoms with Gasteiger partial charge in [0.15, 0.2) is 0 Å². The zero-order valence-electron chi connectivity index (χ0n) is 9.81. The number of anilines is 1. The Balaban J connectivity index is 2.20. The van der Waals surface area contributed by atoms with Gasteiger partial charge in [0, 0.05) is 0 Å². The van der Waals surface area contributed by atoms with Crippen LogP contribution in [0, 0.1) is 0 Å². The molecule has 0 saturated heterocycles. The summed E-state index contributed by atoms with van der Waals surface area (Å²) in [4.78, 5) is 0. The van der Waals surface area contributed by atoms with E-state index in [0.717, 1.165) is 12.8 Å². The molecule has 0 bridgehead atoms. The van der Waals surface area contributed by atoms with Crippen molar-refractivity contribution in [1.29, 1.82) is 0 Å². The van der Waals surface area contributed by atoms with Crippen molar-refractivity contribution in [1.82, 2.24) is 9.78 Å². The normalized spacial score (nSPS) is 12.6. The van der Waals surface area contributed by atoms with Gasteiger partial charge in [-0.1, -0.05) is 48.9 Å². The number of hydrogen-bond donors (Lipinski definition) is 1. The van der Waals surface area contributed by atoms with Crippen molar-refractivity contribution in [3.63, 3.8) is 0 Å². The lowest BCUT2D eigenvalue weighted by molar-refractivity contribution is 0.444. The zero-order valence-corrected chi connectivity index (χ0v) is 10.6. The minimum absolute atomic E-state index is 0.255. The minimum atomic E-state index is 0.255. The van der Waals surface area contributed by atoms with Gasteiger partial charge in [0.05, 0.1) is 12.2 Å². The molecular formula is C13H16ClN3. The van der Waals surface area contributed by atoms with Crippen LogP contribution in [0.2, 0.25) is 5.02 Å². The van der Waals surface area contributed by atoms with Crippen LogP contribution in [-0.2, 0) is 6.42 Å². The van der Waals surface area contributed by atoms with Gasteiger partial charge in [-0.05, 0) is 18.4 Å². The van der Waals surface area contributed by atoms with Crippen LogP contribution in [0.25, 0.3) is 0 Å². The second-order valence-electron chi connectivity index (χ2n) is 4.07. The van der Waals surface area contributed by atoms with E-state index in [2.05, 4.69) is 24.2 Å². The molecule has 2 aromatic rings. The van der Waals surface area contributed by atoms with Gasteiger partial charge in [0.25, 0.3) is 0 Å². The maximum absolute atomic E-state index is 5.93. The SMILES string of the molecule is CCC(Cc1ccccc1)n1ncc(Cl)c1N. The number of nitrogen functional groups attached to an aromatic ring is 1. The third-order valence-corrected chi connectivity index (χ3v) is 3.21. The van der Waals surface area contributed by atoms with E-state index in [0.29, 0.717) is 10.8 Å². The highest BCUT2D eigenvalue weighted by atomic mass is 35.5. The Morgan fingerprint density at radius 2 is 2.06 bits per heavy atom. The fraction of sp³-hybridized carbons (Fsp3) is 0.308. The van der Waals surface area contributed by atoms with Crippen LogP contribution in [0.5, 0.6) is 0 Å². The van der Waals surface area contributed by atoms with Crippen LogP contribution in [0.4, 0.5) is 5.82 Å². The Hall–Kier alpha value is -1.48. The fourth-order valence-corrected chi connectivity index (χ4v) is 2.06. The summed E-state index contributed by atoms with van der Waals surface area (Å²) in [5.74, 6) is 0.550. The molecule has 1 aromatic heterocycles. The molecule has 0 aliphatic rings. The predicted molar refractivity (Wildman–Crippen MR) is 71.1 cm³/mol. The van der Waals surface area contributed by atoms with Gasteiger partial charge in [-0.3, -0.25) is 0 Å². The third kappa shape index (κ3) is 2.61. The molecule has 0 amide bonds. The predicted octanol–water partition coefficient (Wildman–Crippen LogP) is 3.31. The molecule has 3 nitrogen and oxygen atoms in total. The molecule has 0 saturated carbocycles. The standard InChI is InChI=1S/C13H16ClN3/c1-2-11(8-10-6-4-3-5-7-10)17-13(15)12(14)9-16-17/h3-7,9,11H,2,8,15H2,1H3. The van der Waals surface area contributed by atoms with E-state index in [1.807, 2.05) is 22.9 Å². The van der Waals surface area contributed by atoms with Crippen molar-refractivity contribution < 1.29 is 0 Å². The summed E-state index contributed by atoms with van der Waals surface area (Å²) < 4.78 is 1.81. The van der Waals surface area contributed by atoms with Crippen molar-refractivity contribution >= 4 is 17.4 Å². The zero-order chi connectivity index (χ0) is 12.3. The van der Waals surface area contributed by atoms with Crippen molar-refractivity contribution in [3.8, 4) is 0 Å². The van der Waals surface area contributed by atoms with E-state index >= 15 is 0 Å². The maximum atomic E-state index is 5.93. The van der Waals surface area contributed by atoms with Gasteiger partial charge >= 0.3 is 0 Å². The third-order valence-electron chi connectivity index (χ3n) is 2.92. The van der Waals surface area contributed by atoms with Crippen LogP contribution < -0.4 is 5.73 Å². The van der Waals surface area contributed by atoms with Crippen LogP contribution in [-0.4, -0.2) is 9.78 Å². The van der Waals surface area contributed by atoms with Gasteiger partial charge in [0.2, 0.25) is 0 Å². The van der Waals surface area contributed by atoms with E-state index in [1.165, 1.54) is 5.56 Å². The molecule has 2 N–H and O–H groups in total. The summed E-state index contributed by atoms with van der Waals surface area (Å²) in [6.45, 7) is 2.13. The van der Waals surface area contributed by atoms with Crippen LogP contribution in [0.1, 0.15) is 24.9 Å². The number of hydrogen-bond acceptors (Lipinski definition) is 2. The Morgan fingerprint density at radius 1 is 1.35 bits per heavy atom. The molecule has 0 spiro atoms. The summed E-state index contributed by atoms with van der Waals surface area (Å²) in [5.41, 5.74) is 7.18. The van der Waals surface area contributed by atoms with Crippen LogP contribution in [0.15, 0.2) is 36.5 Å². The van der Waals surface area contributed by atoms with Crippen LogP contribution >= 0.6 is 11.6 Å². The number of rotatable bonds is 4. The molecule has 1 heterocycles. The summed E-state index contributed by atoms with van der Waals surface area (Å²) in [6, 6.07) is 10.6. The summed E-state index contributed by atoms with van der Waals surface area (Å²) >= 11 is 5.93. The van der Waals surface area contributed by atoms with Gasteiger partial charge in [-0.25, -0.2) is 4.68 Å². The van der Waals surface area contributed by atoms with Crippen molar-refractivity contribution in [2.24, 2.45) is 0 Å². The quantitative estimate of drug-likeness (QED) is 0.904. The van der Waals surface area contributed by atoms with Gasteiger partial charge in [-0.2, -0.15) is 5.10 Å². The molecule has 1 unspecified atom stereocenters. The number of halogens is 1. The first-order valence-corrected chi connectivity index (χ1v) is 6.12. The molecule has 17 heavy (non-hydrogen) atoms. The lowest BCUT2D eigenvalue weighted by Gasteiger charge is -2.17. The van der Waals surface area contributed by atoms with Crippen molar-refractivity contribution in [2.45, 2.75) is 25.8 Å². The Kier molecular flexibility index (Phi) is 3.69. The molecule has 90 valence electrons. The van der Waals surface area contributed by atoms with Gasteiger partial charge in [0.1, 0.15) is 10.8 Å². The van der Waals surface area contributed by atoms with E-state index in [4.69, 9.17) is 17.3 Å². The minimum Gasteiger partial charge on any atom is -0.383 e. The molecule has 2 rings (SSSR count). The lowest BCUT2D eigenvalue weighted by atomic mass is 10.0. The first kappa shape index (κ1) is 12.0. The molecule has 0 fully saturated rings. The number of nitrogens with zero attached hydrogens (tertiary/aromatic N) is 2. The molecular weight excluding hydrogens is 234 g/mol.